The standard InChI is InChI=1S/C14H14N2O6S/c17-12-7-6-10(4-2-1-3-5-14(19)20)8-11(12)16-9-13(18)15-23(16,21)22/h6-8,17H,1,3,5,9H2,(H,15,18)(H,19,20). The summed E-state index contributed by atoms with van der Waals surface area (Å²) in [7, 11) is -4.01. The largest absolute Gasteiger partial charge is 0.506 e. The Bertz CT molecular complexity index is 806. The van der Waals surface area contributed by atoms with Crippen LogP contribution in [0.5, 0.6) is 5.75 Å². The summed E-state index contributed by atoms with van der Waals surface area (Å²) in [5.41, 5.74) is 0.406. The number of phenols is 1. The van der Waals surface area contributed by atoms with E-state index in [4.69, 9.17) is 5.11 Å². The number of benzene rings is 1. The summed E-state index contributed by atoms with van der Waals surface area (Å²) in [4.78, 5) is 21.6. The molecule has 1 aliphatic heterocycles. The van der Waals surface area contributed by atoms with E-state index in [9.17, 15) is 23.1 Å². The zero-order valence-corrected chi connectivity index (χ0v) is 12.8. The quantitative estimate of drug-likeness (QED) is 0.531. The highest BCUT2D eigenvalue weighted by Crippen LogP contribution is 2.31. The molecule has 1 amide bonds. The molecule has 8 nitrogen and oxygen atoms in total. The molecule has 1 heterocycles. The number of phenolic OH excluding ortho intramolecular Hbond substituents is 1. The van der Waals surface area contributed by atoms with Gasteiger partial charge >= 0.3 is 16.2 Å². The molecule has 0 aliphatic carbocycles. The van der Waals surface area contributed by atoms with Crippen molar-refractivity contribution in [1.29, 1.82) is 0 Å². The van der Waals surface area contributed by atoms with Crippen LogP contribution in [0.1, 0.15) is 24.8 Å². The number of carboxylic acids is 1. The number of carboxylic acid groups (broad SMARTS) is 1. The van der Waals surface area contributed by atoms with Gasteiger partial charge in [0.25, 0.3) is 5.91 Å². The molecule has 122 valence electrons. The lowest BCUT2D eigenvalue weighted by molar-refractivity contribution is -0.137. The minimum atomic E-state index is -4.01. The third-order valence-corrected chi connectivity index (χ3v) is 4.38. The van der Waals surface area contributed by atoms with Crippen molar-refractivity contribution >= 4 is 27.8 Å². The number of aromatic hydroxyl groups is 1. The molecule has 1 aromatic rings. The van der Waals surface area contributed by atoms with Crippen molar-refractivity contribution in [2.45, 2.75) is 19.3 Å². The van der Waals surface area contributed by atoms with Gasteiger partial charge in [0.15, 0.2) is 0 Å². The first-order valence-electron chi connectivity index (χ1n) is 6.66. The number of nitrogens with zero attached hydrogens (tertiary/aromatic N) is 1. The number of hydrogen-bond acceptors (Lipinski definition) is 5. The van der Waals surface area contributed by atoms with E-state index in [0.717, 1.165) is 4.31 Å². The van der Waals surface area contributed by atoms with Crippen LogP contribution in [0.3, 0.4) is 0 Å². The Morgan fingerprint density at radius 3 is 2.74 bits per heavy atom. The number of rotatable bonds is 4. The Morgan fingerprint density at radius 2 is 2.13 bits per heavy atom. The second kappa shape index (κ2) is 6.58. The van der Waals surface area contributed by atoms with Crippen molar-refractivity contribution in [2.75, 3.05) is 10.8 Å². The number of carbonyl (C=O) groups is 2. The molecule has 1 fully saturated rings. The van der Waals surface area contributed by atoms with Gasteiger partial charge in [-0.3, -0.25) is 9.59 Å². The molecule has 2 rings (SSSR count). The number of anilines is 1. The van der Waals surface area contributed by atoms with Crippen LogP contribution in [0.25, 0.3) is 0 Å². The minimum Gasteiger partial charge on any atom is -0.506 e. The first kappa shape index (κ1) is 16.6. The lowest BCUT2D eigenvalue weighted by atomic mass is 10.1. The van der Waals surface area contributed by atoms with E-state index >= 15 is 0 Å². The summed E-state index contributed by atoms with van der Waals surface area (Å²) >= 11 is 0. The molecule has 0 spiro atoms. The number of nitrogens with one attached hydrogen (secondary N) is 1. The first-order valence-corrected chi connectivity index (χ1v) is 8.10. The number of aliphatic carboxylic acids is 1. The molecule has 3 N–H and O–H groups in total. The summed E-state index contributed by atoms with van der Waals surface area (Å²) in [6.07, 6.45) is 0.812. The molecule has 0 saturated carbocycles. The SMILES string of the molecule is O=C(O)CCCC#Cc1ccc(O)c(N2CC(=O)NS2(=O)=O)c1. The fourth-order valence-electron chi connectivity index (χ4n) is 1.95. The molecule has 0 atom stereocenters. The average molecular weight is 338 g/mol. The fraction of sp³-hybridized carbons (Fsp3) is 0.286. The highest BCUT2D eigenvalue weighted by Gasteiger charge is 2.35. The number of hydrogen-bond donors (Lipinski definition) is 3. The van der Waals surface area contributed by atoms with Gasteiger partial charge < -0.3 is 10.2 Å². The minimum absolute atomic E-state index is 0.0231. The van der Waals surface area contributed by atoms with E-state index in [1.54, 1.807) is 0 Å². The van der Waals surface area contributed by atoms with Gasteiger partial charge in [0.1, 0.15) is 12.3 Å². The Balaban J connectivity index is 2.19. The third-order valence-electron chi connectivity index (χ3n) is 2.99. The van der Waals surface area contributed by atoms with E-state index in [0.29, 0.717) is 18.4 Å². The van der Waals surface area contributed by atoms with Crippen molar-refractivity contribution in [3.05, 3.63) is 23.8 Å². The highest BCUT2D eigenvalue weighted by molar-refractivity contribution is 7.92. The Kier molecular flexibility index (Phi) is 4.76. The van der Waals surface area contributed by atoms with Gasteiger partial charge in [-0.15, -0.1) is 0 Å². The molecule has 9 heteroatoms. The van der Waals surface area contributed by atoms with Crippen LogP contribution in [-0.2, 0) is 19.8 Å². The molecule has 0 bridgehead atoms. The number of unbranched alkanes of at least 4 members (excludes halogenated alkanes) is 1. The van der Waals surface area contributed by atoms with Gasteiger partial charge in [-0.2, -0.15) is 8.42 Å². The van der Waals surface area contributed by atoms with Crippen LogP contribution in [-0.4, -0.2) is 37.1 Å². The van der Waals surface area contributed by atoms with Crippen LogP contribution in [0.2, 0.25) is 0 Å². The summed E-state index contributed by atoms with van der Waals surface area (Å²) in [5, 5.41) is 18.3. The first-order chi connectivity index (χ1) is 10.8. The summed E-state index contributed by atoms with van der Waals surface area (Å²) in [6, 6.07) is 4.15. The normalized spacial score (nSPS) is 15.7. The lowest BCUT2D eigenvalue weighted by Gasteiger charge is -2.16. The van der Waals surface area contributed by atoms with Gasteiger partial charge in [-0.25, -0.2) is 9.03 Å². The maximum absolute atomic E-state index is 11.8. The zero-order chi connectivity index (χ0) is 17.0. The van der Waals surface area contributed by atoms with Gasteiger partial charge in [0, 0.05) is 18.4 Å². The van der Waals surface area contributed by atoms with E-state index in [2.05, 4.69) is 11.8 Å². The predicted octanol–water partition coefficient (Wildman–Crippen LogP) is 0.180. The number of amides is 1. The Morgan fingerprint density at radius 1 is 1.39 bits per heavy atom. The van der Waals surface area contributed by atoms with Crippen molar-refractivity contribution < 1.29 is 28.2 Å². The highest BCUT2D eigenvalue weighted by atomic mass is 32.2. The van der Waals surface area contributed by atoms with Gasteiger partial charge in [-0.05, 0) is 24.6 Å². The van der Waals surface area contributed by atoms with E-state index in [-0.39, 0.29) is 17.9 Å². The van der Waals surface area contributed by atoms with Gasteiger partial charge in [0.2, 0.25) is 0 Å². The maximum atomic E-state index is 11.8. The fourth-order valence-corrected chi connectivity index (χ4v) is 3.11. The van der Waals surface area contributed by atoms with Crippen LogP contribution in [0.15, 0.2) is 18.2 Å². The molecule has 1 aliphatic rings. The topological polar surface area (TPSA) is 124 Å². The molecule has 23 heavy (non-hydrogen) atoms. The van der Waals surface area contributed by atoms with Crippen LogP contribution < -0.4 is 9.03 Å². The second-order valence-corrected chi connectivity index (χ2v) is 6.38. The van der Waals surface area contributed by atoms with Gasteiger partial charge in [0.05, 0.1) is 5.69 Å². The van der Waals surface area contributed by atoms with Crippen molar-refractivity contribution in [3.8, 4) is 17.6 Å². The summed E-state index contributed by atoms with van der Waals surface area (Å²) in [6.45, 7) is -0.411. The average Bonchev–Trinajstić information content (AvgIpc) is 2.72. The number of carbonyl (C=O) groups excluding carboxylic acids is 1. The molecular weight excluding hydrogens is 324 g/mol. The summed E-state index contributed by atoms with van der Waals surface area (Å²) < 4.78 is 26.2. The molecule has 1 aromatic carbocycles. The van der Waals surface area contributed by atoms with Crippen LogP contribution in [0.4, 0.5) is 5.69 Å². The molecule has 0 radical (unpaired) electrons. The monoisotopic (exact) mass is 338 g/mol. The van der Waals surface area contributed by atoms with Crippen molar-refractivity contribution in [2.24, 2.45) is 0 Å². The maximum Gasteiger partial charge on any atom is 0.326 e. The van der Waals surface area contributed by atoms with E-state index < -0.39 is 28.6 Å². The Hall–Kier alpha value is -2.73. The summed E-state index contributed by atoms with van der Waals surface area (Å²) in [5.74, 6) is 3.68. The second-order valence-electron chi connectivity index (χ2n) is 4.79. The van der Waals surface area contributed by atoms with Gasteiger partial charge in [-0.1, -0.05) is 11.8 Å². The van der Waals surface area contributed by atoms with E-state index in [1.165, 1.54) is 18.2 Å². The Labute approximate surface area is 132 Å². The molecule has 1 saturated heterocycles. The van der Waals surface area contributed by atoms with Crippen LogP contribution in [0, 0.1) is 11.8 Å². The third kappa shape index (κ3) is 4.14. The predicted molar refractivity (Wildman–Crippen MR) is 80.9 cm³/mol. The van der Waals surface area contributed by atoms with Crippen molar-refractivity contribution in [3.63, 3.8) is 0 Å². The molecule has 0 unspecified atom stereocenters. The smallest absolute Gasteiger partial charge is 0.326 e. The van der Waals surface area contributed by atoms with E-state index in [1.807, 2.05) is 4.72 Å². The van der Waals surface area contributed by atoms with Crippen LogP contribution >= 0.6 is 0 Å². The molecule has 0 aromatic heterocycles. The van der Waals surface area contributed by atoms with Crippen molar-refractivity contribution in [1.82, 2.24) is 4.72 Å². The lowest BCUT2D eigenvalue weighted by Crippen LogP contribution is -2.29. The molecular formula is C14H14N2O6S. The zero-order valence-electron chi connectivity index (χ0n) is 11.9.